The Hall–Kier alpha value is -2.11. The summed E-state index contributed by atoms with van der Waals surface area (Å²) in [7, 11) is 1.61. The molecule has 0 aliphatic heterocycles. The van der Waals surface area contributed by atoms with E-state index in [0.29, 0.717) is 5.69 Å². The fraction of sp³-hybridized carbons (Fsp3) is 0.300. The van der Waals surface area contributed by atoms with E-state index in [1.165, 1.54) is 16.9 Å². The van der Waals surface area contributed by atoms with Crippen molar-refractivity contribution in [3.63, 3.8) is 0 Å². The molecule has 0 amide bonds. The lowest BCUT2D eigenvalue weighted by molar-refractivity contribution is -0.151. The Morgan fingerprint density at radius 3 is 2.81 bits per heavy atom. The number of rotatable bonds is 4. The first kappa shape index (κ1) is 12.0. The zero-order valence-corrected chi connectivity index (χ0v) is 9.01. The summed E-state index contributed by atoms with van der Waals surface area (Å²) < 4.78 is 5.86. The van der Waals surface area contributed by atoms with Crippen molar-refractivity contribution in [2.45, 2.75) is 6.92 Å². The lowest BCUT2D eigenvalue weighted by Crippen LogP contribution is -2.15. The number of carbonyl (C=O) groups is 2. The number of nitrogens with zero attached hydrogens (tertiary/aromatic N) is 2. The molecule has 1 N–H and O–H groups in total. The van der Waals surface area contributed by atoms with Crippen molar-refractivity contribution in [2.75, 3.05) is 6.61 Å². The third kappa shape index (κ3) is 2.69. The van der Waals surface area contributed by atoms with Gasteiger partial charge in [-0.05, 0) is 13.0 Å². The van der Waals surface area contributed by atoms with Crippen LogP contribution in [-0.2, 0) is 21.4 Å². The number of ketones is 1. The molecule has 16 heavy (non-hydrogen) atoms. The van der Waals surface area contributed by atoms with Gasteiger partial charge in [-0.3, -0.25) is 9.48 Å². The molecule has 6 heteroatoms. The predicted molar refractivity (Wildman–Crippen MR) is 55.5 cm³/mol. The number of hydrogen-bond acceptors (Lipinski definition) is 5. The van der Waals surface area contributed by atoms with E-state index >= 15 is 0 Å². The maximum absolute atomic E-state index is 11.2. The van der Waals surface area contributed by atoms with Crippen molar-refractivity contribution in [1.82, 2.24) is 9.78 Å². The third-order valence-corrected chi connectivity index (χ3v) is 1.83. The Morgan fingerprint density at radius 1 is 1.62 bits per heavy atom. The first-order valence-electron chi connectivity index (χ1n) is 4.66. The first-order chi connectivity index (χ1) is 7.56. The molecule has 6 nitrogen and oxygen atoms in total. The van der Waals surface area contributed by atoms with Gasteiger partial charge in [0.15, 0.2) is 0 Å². The van der Waals surface area contributed by atoms with E-state index < -0.39 is 11.8 Å². The highest BCUT2D eigenvalue weighted by Crippen LogP contribution is 2.09. The topological polar surface area (TPSA) is 81.4 Å². The van der Waals surface area contributed by atoms with Gasteiger partial charge in [0, 0.05) is 19.3 Å². The van der Waals surface area contributed by atoms with Crippen molar-refractivity contribution in [2.24, 2.45) is 7.05 Å². The highest BCUT2D eigenvalue weighted by molar-refractivity contribution is 6.39. The molecule has 0 atom stereocenters. The van der Waals surface area contributed by atoms with Crippen molar-refractivity contribution < 1.29 is 19.4 Å². The number of esters is 1. The van der Waals surface area contributed by atoms with E-state index in [1.807, 2.05) is 0 Å². The first-order valence-corrected chi connectivity index (χ1v) is 4.66. The van der Waals surface area contributed by atoms with Crippen LogP contribution in [0.15, 0.2) is 18.3 Å². The average Bonchev–Trinajstić information content (AvgIpc) is 2.64. The molecular weight excluding hydrogens is 212 g/mol. The minimum absolute atomic E-state index is 0.116. The Kier molecular flexibility index (Phi) is 3.82. The molecule has 1 heterocycles. The standard InChI is InChI=1S/C10H12N2O4/c1-3-16-10(15)9(14)6-8(13)7-4-5-11-12(7)2/h4-6,13H,3H2,1-2H3/b8-6-. The molecule has 1 aromatic rings. The van der Waals surface area contributed by atoms with Gasteiger partial charge in [-0.15, -0.1) is 0 Å². The summed E-state index contributed by atoms with van der Waals surface area (Å²) in [4.78, 5) is 22.2. The fourth-order valence-corrected chi connectivity index (χ4v) is 1.08. The summed E-state index contributed by atoms with van der Waals surface area (Å²) in [5, 5.41) is 13.4. The molecule has 0 aliphatic carbocycles. The van der Waals surface area contributed by atoms with Crippen LogP contribution in [0.1, 0.15) is 12.6 Å². The second-order valence-electron chi connectivity index (χ2n) is 2.95. The number of hydrogen-bond donors (Lipinski definition) is 1. The maximum atomic E-state index is 11.2. The van der Waals surface area contributed by atoms with Crippen LogP contribution in [0.2, 0.25) is 0 Å². The molecule has 0 bridgehead atoms. The van der Waals surface area contributed by atoms with E-state index in [4.69, 9.17) is 0 Å². The Bertz CT molecular complexity index is 434. The van der Waals surface area contributed by atoms with E-state index in [2.05, 4.69) is 9.84 Å². The molecule has 0 saturated heterocycles. The summed E-state index contributed by atoms with van der Waals surface area (Å²) in [5.74, 6) is -2.21. The van der Waals surface area contributed by atoms with Gasteiger partial charge in [0.25, 0.3) is 5.78 Å². The Labute approximate surface area is 92.1 Å². The van der Waals surface area contributed by atoms with Crippen LogP contribution in [0.4, 0.5) is 0 Å². The zero-order chi connectivity index (χ0) is 12.1. The number of carbonyl (C=O) groups excluding carboxylic acids is 2. The molecule has 0 saturated carbocycles. The average molecular weight is 224 g/mol. The number of aryl methyl sites for hydroxylation is 1. The van der Waals surface area contributed by atoms with Crippen LogP contribution in [0.3, 0.4) is 0 Å². The Morgan fingerprint density at radius 2 is 2.31 bits per heavy atom. The minimum Gasteiger partial charge on any atom is -0.506 e. The van der Waals surface area contributed by atoms with Crippen LogP contribution in [-0.4, -0.2) is 33.2 Å². The van der Waals surface area contributed by atoms with Crippen molar-refractivity contribution in [3.8, 4) is 0 Å². The van der Waals surface area contributed by atoms with Crippen molar-refractivity contribution in [1.29, 1.82) is 0 Å². The monoisotopic (exact) mass is 224 g/mol. The van der Waals surface area contributed by atoms with E-state index in [1.54, 1.807) is 14.0 Å². The number of aliphatic hydroxyl groups excluding tert-OH is 1. The third-order valence-electron chi connectivity index (χ3n) is 1.83. The smallest absolute Gasteiger partial charge is 0.379 e. The van der Waals surface area contributed by atoms with E-state index in [9.17, 15) is 14.7 Å². The van der Waals surface area contributed by atoms with Crippen LogP contribution in [0.25, 0.3) is 5.76 Å². The molecule has 0 spiro atoms. The maximum Gasteiger partial charge on any atom is 0.379 e. The number of aliphatic hydroxyl groups is 1. The molecule has 0 aliphatic rings. The molecule has 0 radical (unpaired) electrons. The molecule has 1 rings (SSSR count). The molecule has 0 unspecified atom stereocenters. The highest BCUT2D eigenvalue weighted by atomic mass is 16.5. The van der Waals surface area contributed by atoms with Gasteiger partial charge in [-0.25, -0.2) is 4.79 Å². The molecular formula is C10H12N2O4. The molecule has 1 aromatic heterocycles. The van der Waals surface area contributed by atoms with Gasteiger partial charge >= 0.3 is 5.97 Å². The van der Waals surface area contributed by atoms with Gasteiger partial charge in [0.2, 0.25) is 0 Å². The highest BCUT2D eigenvalue weighted by Gasteiger charge is 2.14. The summed E-state index contributed by atoms with van der Waals surface area (Å²) in [6.45, 7) is 1.71. The lowest BCUT2D eigenvalue weighted by Gasteiger charge is -2.00. The zero-order valence-electron chi connectivity index (χ0n) is 9.01. The minimum atomic E-state index is -0.990. The van der Waals surface area contributed by atoms with Gasteiger partial charge in [-0.1, -0.05) is 0 Å². The normalized spacial score (nSPS) is 11.2. The van der Waals surface area contributed by atoms with Gasteiger partial charge in [0.05, 0.1) is 6.61 Å². The van der Waals surface area contributed by atoms with Gasteiger partial charge in [-0.2, -0.15) is 5.10 Å². The van der Waals surface area contributed by atoms with Crippen LogP contribution >= 0.6 is 0 Å². The second kappa shape index (κ2) is 5.11. The Balaban J connectivity index is 2.82. The molecule has 86 valence electrons. The lowest BCUT2D eigenvalue weighted by atomic mass is 10.2. The van der Waals surface area contributed by atoms with Crippen molar-refractivity contribution >= 4 is 17.5 Å². The number of ether oxygens (including phenoxy) is 1. The SMILES string of the molecule is CCOC(=O)C(=O)/C=C(\O)c1ccnn1C. The van der Waals surface area contributed by atoms with Gasteiger partial charge < -0.3 is 9.84 Å². The van der Waals surface area contributed by atoms with Crippen LogP contribution < -0.4 is 0 Å². The molecule has 0 fully saturated rings. The quantitative estimate of drug-likeness (QED) is 0.347. The van der Waals surface area contributed by atoms with Crippen molar-refractivity contribution in [3.05, 3.63) is 24.0 Å². The number of aromatic nitrogens is 2. The van der Waals surface area contributed by atoms with E-state index in [-0.39, 0.29) is 12.4 Å². The summed E-state index contributed by atoms with van der Waals surface area (Å²) in [6.07, 6.45) is 2.28. The largest absolute Gasteiger partial charge is 0.506 e. The second-order valence-corrected chi connectivity index (χ2v) is 2.95. The summed E-state index contributed by atoms with van der Waals surface area (Å²) in [6, 6.07) is 1.52. The fourth-order valence-electron chi connectivity index (χ4n) is 1.08. The van der Waals surface area contributed by atoms with E-state index in [0.717, 1.165) is 6.08 Å². The van der Waals surface area contributed by atoms with Gasteiger partial charge in [0.1, 0.15) is 11.5 Å². The molecule has 0 aromatic carbocycles. The van der Waals surface area contributed by atoms with Crippen LogP contribution in [0, 0.1) is 0 Å². The summed E-state index contributed by atoms with van der Waals surface area (Å²) in [5.41, 5.74) is 0.345. The van der Waals surface area contributed by atoms with Crippen LogP contribution in [0.5, 0.6) is 0 Å². The summed E-state index contributed by atoms with van der Waals surface area (Å²) >= 11 is 0. The predicted octanol–water partition coefficient (Wildman–Crippen LogP) is 0.451.